The molecule has 112 valence electrons. The van der Waals surface area contributed by atoms with Crippen molar-refractivity contribution in [1.82, 2.24) is 14.5 Å². The maximum Gasteiger partial charge on any atom is 0.125 e. The number of hydrogen-bond acceptors (Lipinski definition) is 2. The summed E-state index contributed by atoms with van der Waals surface area (Å²) in [5.41, 5.74) is 2.03. The molecule has 0 aliphatic carbocycles. The van der Waals surface area contributed by atoms with Gasteiger partial charge in [-0.05, 0) is 44.4 Å². The Morgan fingerprint density at radius 1 is 1.19 bits per heavy atom. The zero-order valence-electron chi connectivity index (χ0n) is 11.9. The van der Waals surface area contributed by atoms with Gasteiger partial charge in [-0.15, -0.1) is 11.6 Å². The largest absolute Gasteiger partial charge is 0.323 e. The van der Waals surface area contributed by atoms with Gasteiger partial charge in [0.25, 0.3) is 0 Å². The molecule has 2 fully saturated rings. The number of imidazole rings is 1. The van der Waals surface area contributed by atoms with E-state index in [0.717, 1.165) is 34.3 Å². The number of aromatic nitrogens is 2. The molecule has 21 heavy (non-hydrogen) atoms. The van der Waals surface area contributed by atoms with Gasteiger partial charge in [0.2, 0.25) is 0 Å². The Kier molecular flexibility index (Phi) is 3.60. The van der Waals surface area contributed by atoms with Crippen LogP contribution in [0, 0.1) is 0 Å². The molecule has 5 heteroatoms. The van der Waals surface area contributed by atoms with E-state index >= 15 is 0 Å². The molecule has 2 aromatic rings. The molecule has 3 heterocycles. The summed E-state index contributed by atoms with van der Waals surface area (Å²) in [6, 6.07) is 7.14. The van der Waals surface area contributed by atoms with E-state index in [9.17, 15) is 0 Å². The maximum absolute atomic E-state index is 6.45. The lowest BCUT2D eigenvalue weighted by Crippen LogP contribution is -2.38. The molecule has 0 radical (unpaired) electrons. The number of benzene rings is 1. The third kappa shape index (κ3) is 2.26. The van der Waals surface area contributed by atoms with E-state index in [4.69, 9.17) is 23.2 Å². The number of alkyl halides is 1. The fourth-order valence-electron chi connectivity index (χ4n) is 4.08. The molecule has 4 rings (SSSR count). The van der Waals surface area contributed by atoms with Crippen molar-refractivity contribution in [3.05, 3.63) is 29.0 Å². The molecular weight excluding hydrogens is 305 g/mol. The molecule has 0 N–H and O–H groups in total. The van der Waals surface area contributed by atoms with Crippen LogP contribution in [0.15, 0.2) is 18.2 Å². The van der Waals surface area contributed by atoms with E-state index in [1.165, 1.54) is 32.4 Å². The van der Waals surface area contributed by atoms with E-state index in [1.54, 1.807) is 0 Å². The fourth-order valence-corrected chi connectivity index (χ4v) is 4.53. The number of fused-ring (bicyclic) bond motifs is 2. The van der Waals surface area contributed by atoms with Crippen molar-refractivity contribution >= 4 is 34.2 Å². The van der Waals surface area contributed by atoms with Gasteiger partial charge in [0.05, 0.1) is 21.9 Å². The van der Waals surface area contributed by atoms with Gasteiger partial charge in [-0.1, -0.05) is 17.7 Å². The second kappa shape index (κ2) is 5.45. The van der Waals surface area contributed by atoms with Crippen molar-refractivity contribution in [3.63, 3.8) is 0 Å². The number of halogens is 2. The minimum absolute atomic E-state index is 0.440. The van der Waals surface area contributed by atoms with Crippen LogP contribution in [0.25, 0.3) is 11.0 Å². The van der Waals surface area contributed by atoms with E-state index in [1.807, 2.05) is 18.2 Å². The van der Waals surface area contributed by atoms with Crippen LogP contribution in [-0.2, 0) is 5.88 Å². The van der Waals surface area contributed by atoms with E-state index in [2.05, 4.69) is 14.5 Å². The Labute approximate surface area is 134 Å². The highest BCUT2D eigenvalue weighted by molar-refractivity contribution is 6.35. The molecule has 1 aromatic heterocycles. The van der Waals surface area contributed by atoms with Gasteiger partial charge in [0, 0.05) is 18.6 Å². The normalized spacial score (nSPS) is 26.4. The van der Waals surface area contributed by atoms with Crippen molar-refractivity contribution in [2.45, 2.75) is 43.6 Å². The van der Waals surface area contributed by atoms with Crippen molar-refractivity contribution in [2.24, 2.45) is 0 Å². The molecule has 2 atom stereocenters. The lowest BCUT2D eigenvalue weighted by Gasteiger charge is -2.36. The summed E-state index contributed by atoms with van der Waals surface area (Å²) >= 11 is 12.6. The minimum atomic E-state index is 0.440. The fraction of sp³-hybridized carbons (Fsp3) is 0.562. The van der Waals surface area contributed by atoms with Crippen LogP contribution in [0.3, 0.4) is 0 Å². The summed E-state index contributed by atoms with van der Waals surface area (Å²) in [6.07, 6.45) is 5.02. The highest BCUT2D eigenvalue weighted by Crippen LogP contribution is 2.37. The van der Waals surface area contributed by atoms with Crippen LogP contribution in [0.4, 0.5) is 0 Å². The number of nitrogens with zero attached hydrogens (tertiary/aromatic N) is 3. The molecule has 2 saturated heterocycles. The molecule has 3 nitrogen and oxygen atoms in total. The number of hydrogen-bond donors (Lipinski definition) is 0. The molecule has 0 amide bonds. The van der Waals surface area contributed by atoms with Crippen LogP contribution >= 0.6 is 23.2 Å². The highest BCUT2D eigenvalue weighted by atomic mass is 35.5. The Hall–Kier alpha value is -0.770. The van der Waals surface area contributed by atoms with Crippen LogP contribution in [-0.4, -0.2) is 33.6 Å². The number of para-hydroxylation sites is 1. The number of piperidine rings is 1. The summed E-state index contributed by atoms with van der Waals surface area (Å²) in [5, 5.41) is 0.783. The number of rotatable bonds is 2. The van der Waals surface area contributed by atoms with Gasteiger partial charge in [-0.25, -0.2) is 4.98 Å². The average Bonchev–Trinajstić information content (AvgIpc) is 3.10. The summed E-state index contributed by atoms with van der Waals surface area (Å²) in [5.74, 6) is 1.40. The van der Waals surface area contributed by atoms with Gasteiger partial charge < -0.3 is 9.47 Å². The van der Waals surface area contributed by atoms with Crippen LogP contribution in [0.1, 0.15) is 37.5 Å². The second-order valence-electron chi connectivity index (χ2n) is 6.15. The van der Waals surface area contributed by atoms with Crippen LogP contribution in [0.5, 0.6) is 0 Å². The minimum Gasteiger partial charge on any atom is -0.323 e. The average molecular weight is 324 g/mol. The van der Waals surface area contributed by atoms with Crippen molar-refractivity contribution in [2.75, 3.05) is 13.1 Å². The first-order chi connectivity index (χ1) is 10.3. The van der Waals surface area contributed by atoms with Crippen molar-refractivity contribution in [1.29, 1.82) is 0 Å². The molecule has 2 aliphatic heterocycles. The van der Waals surface area contributed by atoms with Gasteiger partial charge in [0.1, 0.15) is 5.82 Å². The first kappa shape index (κ1) is 13.9. The Bertz CT molecular complexity index is 667. The summed E-state index contributed by atoms with van der Waals surface area (Å²) in [6.45, 7) is 2.45. The first-order valence-corrected chi connectivity index (χ1v) is 8.64. The molecule has 0 saturated carbocycles. The Morgan fingerprint density at radius 2 is 2.10 bits per heavy atom. The van der Waals surface area contributed by atoms with E-state index in [0.29, 0.717) is 11.9 Å². The molecule has 2 unspecified atom stereocenters. The van der Waals surface area contributed by atoms with Crippen LogP contribution < -0.4 is 0 Å². The molecule has 1 aromatic carbocycles. The lowest BCUT2D eigenvalue weighted by molar-refractivity contribution is 0.156. The van der Waals surface area contributed by atoms with Crippen LogP contribution in [0.2, 0.25) is 5.02 Å². The lowest BCUT2D eigenvalue weighted by atomic mass is 9.97. The quantitative estimate of drug-likeness (QED) is 0.771. The van der Waals surface area contributed by atoms with E-state index < -0.39 is 0 Å². The van der Waals surface area contributed by atoms with Gasteiger partial charge in [0.15, 0.2) is 0 Å². The summed E-state index contributed by atoms with van der Waals surface area (Å²) in [7, 11) is 0. The van der Waals surface area contributed by atoms with Gasteiger partial charge >= 0.3 is 0 Å². The zero-order chi connectivity index (χ0) is 14.4. The predicted molar refractivity (Wildman–Crippen MR) is 87.2 cm³/mol. The van der Waals surface area contributed by atoms with E-state index in [-0.39, 0.29) is 0 Å². The molecular formula is C16H19Cl2N3. The molecule has 2 aliphatic rings. The Morgan fingerprint density at radius 3 is 2.95 bits per heavy atom. The zero-order valence-corrected chi connectivity index (χ0v) is 13.4. The smallest absolute Gasteiger partial charge is 0.125 e. The third-order valence-corrected chi connectivity index (χ3v) is 5.56. The summed E-state index contributed by atoms with van der Waals surface area (Å²) < 4.78 is 2.32. The SMILES string of the molecule is ClCc1nc2cccc(Cl)c2n1C1CCN2CCCC2C1. The van der Waals surface area contributed by atoms with Crippen molar-refractivity contribution < 1.29 is 0 Å². The standard InChI is InChI=1S/C16H19Cl2N3/c17-10-15-19-14-5-1-4-13(18)16(14)21(15)12-6-8-20-7-2-3-11(20)9-12/h1,4-5,11-12H,2-3,6-10H2. The predicted octanol–water partition coefficient (Wildman–Crippen LogP) is 4.23. The highest BCUT2D eigenvalue weighted by Gasteiger charge is 2.33. The monoisotopic (exact) mass is 323 g/mol. The van der Waals surface area contributed by atoms with Gasteiger partial charge in [-0.2, -0.15) is 0 Å². The maximum atomic E-state index is 6.45. The van der Waals surface area contributed by atoms with Crippen molar-refractivity contribution in [3.8, 4) is 0 Å². The molecule has 0 bridgehead atoms. The second-order valence-corrected chi connectivity index (χ2v) is 6.82. The topological polar surface area (TPSA) is 21.1 Å². The first-order valence-electron chi connectivity index (χ1n) is 7.73. The Balaban J connectivity index is 1.78. The third-order valence-electron chi connectivity index (χ3n) is 5.01. The molecule has 0 spiro atoms. The summed E-state index contributed by atoms with van der Waals surface area (Å²) in [4.78, 5) is 7.32. The van der Waals surface area contributed by atoms with Gasteiger partial charge in [-0.3, -0.25) is 0 Å².